The van der Waals surface area contributed by atoms with Gasteiger partial charge in [-0.25, -0.2) is 14.2 Å². The van der Waals surface area contributed by atoms with E-state index in [2.05, 4.69) is 4.99 Å². The number of carbonyl (C=O) groups excluding carboxylic acids is 1. The van der Waals surface area contributed by atoms with Crippen molar-refractivity contribution < 1.29 is 13.9 Å². The number of esters is 1. The normalized spacial score (nSPS) is 17.9. The monoisotopic (exact) mass is 205 g/mol. The molecule has 2 rings (SSSR count). The molecule has 0 bridgehead atoms. The van der Waals surface area contributed by atoms with E-state index in [1.807, 2.05) is 0 Å². The summed E-state index contributed by atoms with van der Waals surface area (Å²) in [4.78, 5) is 15.1. The number of nitrogens with zero attached hydrogens (tertiary/aromatic N) is 1. The summed E-state index contributed by atoms with van der Waals surface area (Å²) in [5, 5.41) is 0. The van der Waals surface area contributed by atoms with E-state index in [0.29, 0.717) is 11.5 Å². The van der Waals surface area contributed by atoms with Crippen LogP contribution in [0.4, 0.5) is 4.39 Å². The van der Waals surface area contributed by atoms with Gasteiger partial charge in [0.25, 0.3) is 0 Å². The van der Waals surface area contributed by atoms with Crippen molar-refractivity contribution in [2.24, 2.45) is 4.99 Å². The third-order valence-electron chi connectivity index (χ3n) is 1.88. The van der Waals surface area contributed by atoms with Gasteiger partial charge in [0.2, 0.25) is 0 Å². The molecule has 1 aromatic rings. The Balaban J connectivity index is 2.35. The summed E-state index contributed by atoms with van der Waals surface area (Å²) in [6.45, 7) is 1.59. The lowest BCUT2D eigenvalue weighted by atomic mass is 10.2. The van der Waals surface area contributed by atoms with Crippen molar-refractivity contribution in [3.63, 3.8) is 0 Å². The first-order valence-electron chi connectivity index (χ1n) is 4.40. The lowest BCUT2D eigenvalue weighted by molar-refractivity contribution is -0.130. The molecular weight excluding hydrogens is 197 g/mol. The standard InChI is InChI=1S/C11H8FNO2/c1-7-13-10(11(14)15-7)6-8-3-2-4-9(12)5-8/h2-6H,1H3. The van der Waals surface area contributed by atoms with Crippen molar-refractivity contribution in [3.05, 3.63) is 41.3 Å². The molecule has 0 spiro atoms. The molecule has 0 aromatic heterocycles. The van der Waals surface area contributed by atoms with Crippen molar-refractivity contribution in [3.8, 4) is 0 Å². The number of carbonyl (C=O) groups is 1. The maximum Gasteiger partial charge on any atom is 0.363 e. The molecule has 76 valence electrons. The van der Waals surface area contributed by atoms with E-state index in [9.17, 15) is 9.18 Å². The number of hydrogen-bond acceptors (Lipinski definition) is 3. The smallest absolute Gasteiger partial charge is 0.363 e. The van der Waals surface area contributed by atoms with E-state index in [0.717, 1.165) is 0 Å². The quantitative estimate of drug-likeness (QED) is 0.520. The van der Waals surface area contributed by atoms with Crippen LogP contribution in [0.15, 0.2) is 35.0 Å². The summed E-state index contributed by atoms with van der Waals surface area (Å²) in [6.07, 6.45) is 1.49. The Labute approximate surface area is 85.9 Å². The van der Waals surface area contributed by atoms with Crippen LogP contribution in [0, 0.1) is 5.82 Å². The van der Waals surface area contributed by atoms with Crippen LogP contribution in [-0.2, 0) is 9.53 Å². The Kier molecular flexibility index (Phi) is 2.33. The molecule has 1 heterocycles. The summed E-state index contributed by atoms with van der Waals surface area (Å²) in [7, 11) is 0. The number of rotatable bonds is 1. The Morgan fingerprint density at radius 2 is 2.27 bits per heavy atom. The molecular formula is C11H8FNO2. The highest BCUT2D eigenvalue weighted by atomic mass is 19.1. The van der Waals surface area contributed by atoms with Gasteiger partial charge in [-0.05, 0) is 23.8 Å². The molecule has 1 aromatic carbocycles. The maximum absolute atomic E-state index is 12.8. The Bertz CT molecular complexity index is 477. The molecule has 0 aliphatic carbocycles. The fourth-order valence-electron chi connectivity index (χ4n) is 1.27. The number of hydrogen-bond donors (Lipinski definition) is 0. The summed E-state index contributed by atoms with van der Waals surface area (Å²) in [5.74, 6) is -0.546. The zero-order valence-electron chi connectivity index (χ0n) is 8.03. The Morgan fingerprint density at radius 3 is 2.87 bits per heavy atom. The second-order valence-corrected chi connectivity index (χ2v) is 3.10. The molecule has 0 saturated heterocycles. The number of cyclic esters (lactones) is 1. The Morgan fingerprint density at radius 1 is 1.47 bits per heavy atom. The SMILES string of the molecule is CC1=NC(=Cc2cccc(F)c2)C(=O)O1. The van der Waals surface area contributed by atoms with Crippen molar-refractivity contribution in [1.82, 2.24) is 0 Å². The average Bonchev–Trinajstić information content (AvgIpc) is 2.45. The molecule has 0 N–H and O–H groups in total. The molecule has 0 amide bonds. The molecule has 3 nitrogen and oxygen atoms in total. The zero-order chi connectivity index (χ0) is 10.8. The van der Waals surface area contributed by atoms with E-state index in [-0.39, 0.29) is 11.5 Å². The minimum Gasteiger partial charge on any atom is -0.407 e. The first-order chi connectivity index (χ1) is 7.15. The summed E-state index contributed by atoms with van der Waals surface area (Å²) >= 11 is 0. The number of halogens is 1. The fraction of sp³-hybridized carbons (Fsp3) is 0.0909. The first kappa shape index (κ1) is 9.58. The molecule has 0 atom stereocenters. The highest BCUT2D eigenvalue weighted by Crippen LogP contribution is 2.15. The van der Waals surface area contributed by atoms with Gasteiger partial charge >= 0.3 is 5.97 Å². The van der Waals surface area contributed by atoms with E-state index >= 15 is 0 Å². The maximum atomic E-state index is 12.8. The molecule has 0 radical (unpaired) electrons. The highest BCUT2D eigenvalue weighted by Gasteiger charge is 2.19. The number of benzene rings is 1. The highest BCUT2D eigenvalue weighted by molar-refractivity contribution is 6.06. The van der Waals surface area contributed by atoms with E-state index in [1.54, 1.807) is 19.1 Å². The van der Waals surface area contributed by atoms with E-state index in [4.69, 9.17) is 4.74 Å². The molecule has 0 unspecified atom stereocenters. The van der Waals surface area contributed by atoms with Crippen LogP contribution in [0.25, 0.3) is 6.08 Å². The summed E-state index contributed by atoms with van der Waals surface area (Å²) in [5.41, 5.74) is 0.776. The van der Waals surface area contributed by atoms with E-state index in [1.165, 1.54) is 18.2 Å². The van der Waals surface area contributed by atoms with Gasteiger partial charge in [-0.1, -0.05) is 12.1 Å². The van der Waals surface area contributed by atoms with Gasteiger partial charge in [0.05, 0.1) is 0 Å². The van der Waals surface area contributed by atoms with Gasteiger partial charge < -0.3 is 4.74 Å². The van der Waals surface area contributed by atoms with Gasteiger partial charge in [-0.3, -0.25) is 0 Å². The first-order valence-corrected chi connectivity index (χ1v) is 4.40. The second-order valence-electron chi connectivity index (χ2n) is 3.10. The van der Waals surface area contributed by atoms with Crippen molar-refractivity contribution in [2.45, 2.75) is 6.92 Å². The molecule has 4 heteroatoms. The van der Waals surface area contributed by atoms with Crippen LogP contribution in [-0.4, -0.2) is 11.9 Å². The second kappa shape index (κ2) is 3.65. The van der Waals surface area contributed by atoms with E-state index < -0.39 is 5.97 Å². The van der Waals surface area contributed by atoms with Crippen molar-refractivity contribution in [2.75, 3.05) is 0 Å². The molecule has 0 fully saturated rings. The van der Waals surface area contributed by atoms with Crippen LogP contribution < -0.4 is 0 Å². The Hall–Kier alpha value is -1.97. The molecule has 1 aliphatic heterocycles. The van der Waals surface area contributed by atoms with Gasteiger partial charge in [-0.15, -0.1) is 0 Å². The lowest BCUT2D eigenvalue weighted by Crippen LogP contribution is -1.99. The number of ether oxygens (including phenoxy) is 1. The molecule has 1 aliphatic rings. The predicted octanol–water partition coefficient (Wildman–Crippen LogP) is 2.14. The molecule has 0 saturated carbocycles. The summed E-state index contributed by atoms with van der Waals surface area (Å²) < 4.78 is 17.6. The van der Waals surface area contributed by atoms with Crippen LogP contribution in [0.1, 0.15) is 12.5 Å². The largest absolute Gasteiger partial charge is 0.407 e. The van der Waals surface area contributed by atoms with Gasteiger partial charge in [0.1, 0.15) is 5.82 Å². The molecule has 15 heavy (non-hydrogen) atoms. The number of aliphatic imine (C=N–C) groups is 1. The van der Waals surface area contributed by atoms with Crippen molar-refractivity contribution >= 4 is 17.9 Å². The lowest BCUT2D eigenvalue weighted by Gasteiger charge is -1.93. The summed E-state index contributed by atoms with van der Waals surface area (Å²) in [6, 6.07) is 5.91. The van der Waals surface area contributed by atoms with Gasteiger partial charge in [0, 0.05) is 6.92 Å². The van der Waals surface area contributed by atoms with Crippen molar-refractivity contribution in [1.29, 1.82) is 0 Å². The third kappa shape index (κ3) is 2.10. The fourth-order valence-corrected chi connectivity index (χ4v) is 1.27. The van der Waals surface area contributed by atoms with Crippen LogP contribution in [0.2, 0.25) is 0 Å². The minimum atomic E-state index is -0.503. The predicted molar refractivity (Wildman–Crippen MR) is 53.6 cm³/mol. The van der Waals surface area contributed by atoms with Crippen LogP contribution in [0.3, 0.4) is 0 Å². The average molecular weight is 205 g/mol. The van der Waals surface area contributed by atoms with Crippen LogP contribution in [0.5, 0.6) is 0 Å². The third-order valence-corrected chi connectivity index (χ3v) is 1.88. The topological polar surface area (TPSA) is 38.7 Å². The van der Waals surface area contributed by atoms with Gasteiger partial charge in [0.15, 0.2) is 11.6 Å². The van der Waals surface area contributed by atoms with Gasteiger partial charge in [-0.2, -0.15) is 0 Å². The zero-order valence-corrected chi connectivity index (χ0v) is 8.03. The minimum absolute atomic E-state index is 0.193. The van der Waals surface area contributed by atoms with Crippen LogP contribution >= 0.6 is 0 Å².